The predicted octanol–water partition coefficient (Wildman–Crippen LogP) is 3.66. The van der Waals surface area contributed by atoms with Crippen molar-refractivity contribution in [3.8, 4) is 0 Å². The van der Waals surface area contributed by atoms with Crippen LogP contribution in [0.5, 0.6) is 0 Å². The molecule has 0 radical (unpaired) electrons. The van der Waals surface area contributed by atoms with Crippen molar-refractivity contribution < 1.29 is 18.7 Å². The van der Waals surface area contributed by atoms with Crippen molar-refractivity contribution in [3.63, 3.8) is 0 Å². The molecule has 2 aromatic heterocycles. The second kappa shape index (κ2) is 6.58. The summed E-state index contributed by atoms with van der Waals surface area (Å²) < 4.78 is 10.5. The van der Waals surface area contributed by atoms with Crippen LogP contribution in [-0.4, -0.2) is 19.0 Å². The molecule has 1 N–H and O–H groups in total. The number of halogens is 1. The molecule has 1 amide bonds. The van der Waals surface area contributed by atoms with Gasteiger partial charge < -0.3 is 14.5 Å². The van der Waals surface area contributed by atoms with Crippen molar-refractivity contribution in [1.82, 2.24) is 0 Å². The number of carbonyl (C=O) groups excluding carboxylic acids is 2. The Kier molecular flexibility index (Phi) is 4.50. The van der Waals surface area contributed by atoms with E-state index >= 15 is 0 Å². The molecular formula is C16H10BrNO5S. The average molecular weight is 408 g/mol. The fourth-order valence-corrected chi connectivity index (χ4v) is 3.24. The van der Waals surface area contributed by atoms with Crippen LogP contribution < -0.4 is 10.9 Å². The molecule has 0 atom stereocenters. The quantitative estimate of drug-likeness (QED) is 0.669. The SMILES string of the molecule is COC(=O)c1ccsc1NC(=O)c1cc2ccc(Br)cc2c(=O)o1. The molecule has 1 aromatic carbocycles. The van der Waals surface area contributed by atoms with Gasteiger partial charge in [0.25, 0.3) is 5.91 Å². The zero-order chi connectivity index (χ0) is 17.3. The molecule has 0 spiro atoms. The lowest BCUT2D eigenvalue weighted by atomic mass is 10.1. The van der Waals surface area contributed by atoms with Gasteiger partial charge in [0, 0.05) is 4.47 Å². The molecule has 0 saturated carbocycles. The number of thiophene rings is 1. The monoisotopic (exact) mass is 407 g/mol. The molecule has 122 valence electrons. The fourth-order valence-electron chi connectivity index (χ4n) is 2.11. The number of ether oxygens (including phenoxy) is 1. The first-order valence-corrected chi connectivity index (χ1v) is 8.37. The largest absolute Gasteiger partial charge is 0.465 e. The number of carbonyl (C=O) groups is 2. The topological polar surface area (TPSA) is 85.6 Å². The molecule has 0 aliphatic heterocycles. The van der Waals surface area contributed by atoms with Gasteiger partial charge >= 0.3 is 11.6 Å². The number of nitrogens with one attached hydrogen (secondary N) is 1. The van der Waals surface area contributed by atoms with Crippen molar-refractivity contribution in [1.29, 1.82) is 0 Å². The van der Waals surface area contributed by atoms with E-state index in [-0.39, 0.29) is 11.3 Å². The van der Waals surface area contributed by atoms with E-state index in [0.29, 0.717) is 15.8 Å². The number of hydrogen-bond donors (Lipinski definition) is 1. The van der Waals surface area contributed by atoms with E-state index in [1.165, 1.54) is 24.5 Å². The Morgan fingerprint density at radius 3 is 2.79 bits per heavy atom. The van der Waals surface area contributed by atoms with Crippen molar-refractivity contribution in [2.24, 2.45) is 0 Å². The third-order valence-electron chi connectivity index (χ3n) is 3.25. The highest BCUT2D eigenvalue weighted by Crippen LogP contribution is 2.25. The van der Waals surface area contributed by atoms with Gasteiger partial charge in [-0.25, -0.2) is 9.59 Å². The van der Waals surface area contributed by atoms with Gasteiger partial charge in [0.2, 0.25) is 0 Å². The van der Waals surface area contributed by atoms with Crippen molar-refractivity contribution in [3.05, 3.63) is 61.9 Å². The van der Waals surface area contributed by atoms with E-state index < -0.39 is 17.5 Å². The van der Waals surface area contributed by atoms with Gasteiger partial charge in [0.1, 0.15) is 5.00 Å². The Bertz CT molecular complexity index is 1010. The predicted molar refractivity (Wildman–Crippen MR) is 93.8 cm³/mol. The number of methoxy groups -OCH3 is 1. The van der Waals surface area contributed by atoms with Gasteiger partial charge in [-0.05, 0) is 35.0 Å². The third kappa shape index (κ3) is 3.10. The van der Waals surface area contributed by atoms with Crippen LogP contribution in [-0.2, 0) is 4.74 Å². The van der Waals surface area contributed by atoms with Crippen molar-refractivity contribution in [2.45, 2.75) is 0 Å². The summed E-state index contributed by atoms with van der Waals surface area (Å²) in [7, 11) is 1.26. The van der Waals surface area contributed by atoms with Crippen LogP contribution >= 0.6 is 27.3 Å². The summed E-state index contributed by atoms with van der Waals surface area (Å²) in [5, 5.41) is 5.49. The minimum Gasteiger partial charge on any atom is -0.465 e. The first-order chi connectivity index (χ1) is 11.5. The molecule has 3 aromatic rings. The van der Waals surface area contributed by atoms with E-state index in [2.05, 4.69) is 26.0 Å². The molecule has 8 heteroatoms. The highest BCUT2D eigenvalue weighted by Gasteiger charge is 2.18. The maximum atomic E-state index is 12.3. The average Bonchev–Trinajstić information content (AvgIpc) is 3.02. The fraction of sp³-hybridized carbons (Fsp3) is 0.0625. The van der Waals surface area contributed by atoms with Crippen LogP contribution in [0.3, 0.4) is 0 Å². The van der Waals surface area contributed by atoms with Gasteiger partial charge in [-0.3, -0.25) is 4.79 Å². The molecule has 6 nitrogen and oxygen atoms in total. The van der Waals surface area contributed by atoms with Gasteiger partial charge in [-0.15, -0.1) is 11.3 Å². The van der Waals surface area contributed by atoms with Gasteiger partial charge in [-0.2, -0.15) is 0 Å². The van der Waals surface area contributed by atoms with Gasteiger partial charge in [0.15, 0.2) is 5.76 Å². The zero-order valence-corrected chi connectivity index (χ0v) is 14.7. The number of benzene rings is 1. The van der Waals surface area contributed by atoms with Crippen LogP contribution in [0.1, 0.15) is 20.9 Å². The third-order valence-corrected chi connectivity index (χ3v) is 4.57. The minimum atomic E-state index is -0.621. The van der Waals surface area contributed by atoms with E-state index in [0.717, 1.165) is 4.47 Å². The summed E-state index contributed by atoms with van der Waals surface area (Å²) in [5.41, 5.74) is -0.374. The highest BCUT2D eigenvalue weighted by atomic mass is 79.9. The van der Waals surface area contributed by atoms with E-state index in [4.69, 9.17) is 4.42 Å². The molecular weight excluding hydrogens is 398 g/mol. The van der Waals surface area contributed by atoms with Gasteiger partial charge in [-0.1, -0.05) is 22.0 Å². The maximum absolute atomic E-state index is 12.3. The number of rotatable bonds is 3. The molecule has 24 heavy (non-hydrogen) atoms. The lowest BCUT2D eigenvalue weighted by molar-refractivity contribution is 0.0602. The molecule has 0 saturated heterocycles. The normalized spacial score (nSPS) is 10.6. The van der Waals surface area contributed by atoms with Crippen LogP contribution in [0, 0.1) is 0 Å². The minimum absolute atomic E-state index is 0.140. The molecule has 0 unspecified atom stereocenters. The second-order valence-electron chi connectivity index (χ2n) is 4.74. The summed E-state index contributed by atoms with van der Waals surface area (Å²) in [6, 6.07) is 8.11. The number of fused-ring (bicyclic) bond motifs is 1. The summed E-state index contributed by atoms with van der Waals surface area (Å²) in [6.07, 6.45) is 0. The summed E-state index contributed by atoms with van der Waals surface area (Å²) >= 11 is 4.45. The van der Waals surface area contributed by atoms with Crippen LogP contribution in [0.2, 0.25) is 0 Å². The molecule has 0 fully saturated rings. The Morgan fingerprint density at radius 2 is 2.04 bits per heavy atom. The van der Waals surface area contributed by atoms with E-state index in [1.807, 2.05) is 0 Å². The lowest BCUT2D eigenvalue weighted by Crippen LogP contribution is -2.16. The number of esters is 1. The number of amides is 1. The molecule has 2 heterocycles. The van der Waals surface area contributed by atoms with Crippen LogP contribution in [0.15, 0.2) is 49.4 Å². The Hall–Kier alpha value is -2.45. The second-order valence-corrected chi connectivity index (χ2v) is 6.57. The Morgan fingerprint density at radius 1 is 1.25 bits per heavy atom. The summed E-state index contributed by atoms with van der Waals surface area (Å²) in [5.74, 6) is -1.32. The van der Waals surface area contributed by atoms with Gasteiger partial charge in [0.05, 0.1) is 18.1 Å². The number of hydrogen-bond acceptors (Lipinski definition) is 6. The first-order valence-electron chi connectivity index (χ1n) is 6.70. The molecule has 0 aliphatic carbocycles. The Labute approximate surface area is 148 Å². The van der Waals surface area contributed by atoms with E-state index in [9.17, 15) is 14.4 Å². The maximum Gasteiger partial charge on any atom is 0.344 e. The zero-order valence-electron chi connectivity index (χ0n) is 12.3. The summed E-state index contributed by atoms with van der Waals surface area (Å²) in [4.78, 5) is 36.0. The Balaban J connectivity index is 1.95. The molecule has 0 bridgehead atoms. The smallest absolute Gasteiger partial charge is 0.344 e. The standard InChI is InChI=1S/C16H10BrNO5S/c1-22-15(20)10-4-5-24-14(10)18-13(19)12-6-8-2-3-9(17)7-11(8)16(21)23-12/h2-7H,1H3,(H,18,19). The van der Waals surface area contributed by atoms with Crippen LogP contribution in [0.25, 0.3) is 10.8 Å². The summed E-state index contributed by atoms with van der Waals surface area (Å²) in [6.45, 7) is 0. The first kappa shape index (κ1) is 16.4. The van der Waals surface area contributed by atoms with Crippen molar-refractivity contribution >= 4 is 54.9 Å². The van der Waals surface area contributed by atoms with Crippen LogP contribution in [0.4, 0.5) is 5.00 Å². The van der Waals surface area contributed by atoms with Crippen molar-refractivity contribution in [2.75, 3.05) is 12.4 Å². The molecule has 0 aliphatic rings. The molecule has 3 rings (SSSR count). The lowest BCUT2D eigenvalue weighted by Gasteiger charge is -2.05. The van der Waals surface area contributed by atoms with E-state index in [1.54, 1.807) is 29.6 Å². The number of anilines is 1. The highest BCUT2D eigenvalue weighted by molar-refractivity contribution is 9.10.